The summed E-state index contributed by atoms with van der Waals surface area (Å²) in [6.45, 7) is 4.77. The molecule has 7 nitrogen and oxygen atoms in total. The van der Waals surface area contributed by atoms with E-state index in [4.69, 9.17) is 9.15 Å². The Labute approximate surface area is 199 Å². The quantitative estimate of drug-likeness (QED) is 0.568. The van der Waals surface area contributed by atoms with Crippen LogP contribution in [0, 0.1) is 6.92 Å². The molecule has 2 amide bonds. The lowest BCUT2D eigenvalue weighted by Gasteiger charge is -2.38. The average Bonchev–Trinajstić information content (AvgIpc) is 3.54. The average molecular weight is 460 g/mol. The molecule has 34 heavy (non-hydrogen) atoms. The summed E-state index contributed by atoms with van der Waals surface area (Å²) in [4.78, 5) is 31.2. The van der Waals surface area contributed by atoms with Gasteiger partial charge < -0.3 is 19.4 Å². The van der Waals surface area contributed by atoms with Crippen molar-refractivity contribution in [1.29, 1.82) is 0 Å². The molecule has 1 aliphatic carbocycles. The highest BCUT2D eigenvalue weighted by Crippen LogP contribution is 2.37. The number of aromatic nitrogens is 1. The SMILES string of the molecule is CCC(=O)N1CCc2ccc(OCc3nc(C(=O)NC4CC4)co3)cc2C1c1ccc(C)cc1. The molecule has 0 radical (unpaired) electrons. The number of rotatable bonds is 7. The van der Waals surface area contributed by atoms with E-state index in [1.807, 2.05) is 24.0 Å². The second-order valence-corrected chi connectivity index (χ2v) is 9.03. The monoisotopic (exact) mass is 459 g/mol. The minimum atomic E-state index is -0.215. The molecule has 0 spiro atoms. The fourth-order valence-corrected chi connectivity index (χ4v) is 4.38. The van der Waals surface area contributed by atoms with Crippen molar-refractivity contribution in [2.75, 3.05) is 6.54 Å². The summed E-state index contributed by atoms with van der Waals surface area (Å²) in [6, 6.07) is 14.5. The van der Waals surface area contributed by atoms with Crippen LogP contribution in [0.2, 0.25) is 0 Å². The molecule has 5 rings (SSSR count). The molecule has 176 valence electrons. The summed E-state index contributed by atoms with van der Waals surface area (Å²) in [5.74, 6) is 0.938. The largest absolute Gasteiger partial charge is 0.484 e. The molecule has 1 aromatic heterocycles. The molecule has 2 heterocycles. The van der Waals surface area contributed by atoms with Gasteiger partial charge in [-0.1, -0.05) is 42.8 Å². The highest BCUT2D eigenvalue weighted by atomic mass is 16.5. The van der Waals surface area contributed by atoms with Gasteiger partial charge in [-0.25, -0.2) is 4.98 Å². The van der Waals surface area contributed by atoms with Gasteiger partial charge in [0.05, 0.1) is 6.04 Å². The number of aryl methyl sites for hydroxylation is 1. The second kappa shape index (κ2) is 9.33. The molecule has 3 aromatic rings. The zero-order valence-electron chi connectivity index (χ0n) is 19.5. The summed E-state index contributed by atoms with van der Waals surface area (Å²) in [7, 11) is 0. The van der Waals surface area contributed by atoms with Crippen molar-refractivity contribution in [2.24, 2.45) is 0 Å². The van der Waals surface area contributed by atoms with Crippen molar-refractivity contribution >= 4 is 11.8 Å². The van der Waals surface area contributed by atoms with Crippen LogP contribution in [0.25, 0.3) is 0 Å². The fourth-order valence-electron chi connectivity index (χ4n) is 4.38. The topological polar surface area (TPSA) is 84.7 Å². The maximum Gasteiger partial charge on any atom is 0.273 e. The molecular weight excluding hydrogens is 430 g/mol. The third-order valence-electron chi connectivity index (χ3n) is 6.42. The third-order valence-corrected chi connectivity index (χ3v) is 6.42. The number of benzene rings is 2. The molecule has 0 saturated heterocycles. The number of carbonyl (C=O) groups excluding carboxylic acids is 2. The van der Waals surface area contributed by atoms with Gasteiger partial charge >= 0.3 is 0 Å². The summed E-state index contributed by atoms with van der Waals surface area (Å²) in [6.07, 6.45) is 4.67. The first-order valence-electron chi connectivity index (χ1n) is 11.9. The van der Waals surface area contributed by atoms with Gasteiger partial charge in [-0.05, 0) is 55.0 Å². The molecule has 2 aliphatic rings. The van der Waals surface area contributed by atoms with E-state index in [1.54, 1.807) is 0 Å². The van der Waals surface area contributed by atoms with E-state index < -0.39 is 0 Å². The predicted octanol–water partition coefficient (Wildman–Crippen LogP) is 4.34. The smallest absolute Gasteiger partial charge is 0.273 e. The Hall–Kier alpha value is -3.61. The first-order valence-corrected chi connectivity index (χ1v) is 11.9. The number of oxazole rings is 1. The number of amides is 2. The second-order valence-electron chi connectivity index (χ2n) is 9.03. The first kappa shape index (κ1) is 22.2. The fraction of sp³-hybridized carbons (Fsp3) is 0.370. The molecule has 1 atom stereocenters. The lowest BCUT2D eigenvalue weighted by atomic mass is 9.87. The predicted molar refractivity (Wildman–Crippen MR) is 126 cm³/mol. The summed E-state index contributed by atoms with van der Waals surface area (Å²) < 4.78 is 11.4. The molecule has 1 saturated carbocycles. The van der Waals surface area contributed by atoms with Crippen molar-refractivity contribution in [3.8, 4) is 5.75 Å². The number of nitrogens with zero attached hydrogens (tertiary/aromatic N) is 2. The van der Waals surface area contributed by atoms with Crippen LogP contribution in [0.1, 0.15) is 70.9 Å². The number of fused-ring (bicyclic) bond motifs is 1. The summed E-state index contributed by atoms with van der Waals surface area (Å²) in [5, 5.41) is 2.90. The van der Waals surface area contributed by atoms with Crippen LogP contribution in [0.5, 0.6) is 5.75 Å². The van der Waals surface area contributed by atoms with E-state index in [-0.39, 0.29) is 36.2 Å². The van der Waals surface area contributed by atoms with Crippen LogP contribution in [0.4, 0.5) is 0 Å². The van der Waals surface area contributed by atoms with Gasteiger partial charge in [-0.2, -0.15) is 0 Å². The Kier molecular flexibility index (Phi) is 6.09. The third kappa shape index (κ3) is 4.69. The van der Waals surface area contributed by atoms with Crippen LogP contribution in [0.3, 0.4) is 0 Å². The van der Waals surface area contributed by atoms with E-state index in [2.05, 4.69) is 47.6 Å². The van der Waals surface area contributed by atoms with Gasteiger partial charge in [0.2, 0.25) is 11.8 Å². The Balaban J connectivity index is 1.36. The van der Waals surface area contributed by atoms with Crippen LogP contribution in [-0.2, 0) is 17.8 Å². The zero-order chi connectivity index (χ0) is 23.7. The Bertz CT molecular complexity index is 1200. The molecule has 1 N–H and O–H groups in total. The molecule has 1 aliphatic heterocycles. The van der Waals surface area contributed by atoms with Crippen LogP contribution in [0.15, 0.2) is 53.1 Å². The minimum absolute atomic E-state index is 0.113. The van der Waals surface area contributed by atoms with E-state index in [0.29, 0.717) is 24.6 Å². The maximum absolute atomic E-state index is 12.8. The standard InChI is InChI=1S/C27H29N3O4/c1-3-25(31)30-13-12-18-8-11-21(14-22(18)26(30)19-6-4-17(2)5-7-19)33-16-24-29-23(15-34-24)27(32)28-20-9-10-20/h4-8,11,14-15,20,26H,3,9-10,12-13,16H2,1-2H3,(H,28,32). The van der Waals surface area contributed by atoms with Crippen molar-refractivity contribution in [3.05, 3.63) is 82.6 Å². The van der Waals surface area contributed by atoms with Gasteiger partial charge in [0.1, 0.15) is 12.0 Å². The van der Waals surface area contributed by atoms with Crippen molar-refractivity contribution < 1.29 is 18.7 Å². The zero-order valence-corrected chi connectivity index (χ0v) is 19.5. The summed E-state index contributed by atoms with van der Waals surface area (Å²) in [5.41, 5.74) is 4.83. The van der Waals surface area contributed by atoms with Crippen molar-refractivity contribution in [2.45, 2.75) is 58.2 Å². The Morgan fingerprint density at radius 2 is 1.97 bits per heavy atom. The molecule has 0 bridgehead atoms. The number of hydrogen-bond acceptors (Lipinski definition) is 5. The number of nitrogens with one attached hydrogen (secondary N) is 1. The van der Waals surface area contributed by atoms with Gasteiger partial charge in [0.15, 0.2) is 12.3 Å². The number of ether oxygens (including phenoxy) is 1. The van der Waals surface area contributed by atoms with Gasteiger partial charge in [-0.15, -0.1) is 0 Å². The summed E-state index contributed by atoms with van der Waals surface area (Å²) >= 11 is 0. The van der Waals surface area contributed by atoms with E-state index in [1.165, 1.54) is 17.4 Å². The number of carbonyl (C=O) groups is 2. The normalized spacial score (nSPS) is 17.2. The highest BCUT2D eigenvalue weighted by Gasteiger charge is 2.32. The molecular formula is C27H29N3O4. The van der Waals surface area contributed by atoms with Crippen LogP contribution >= 0.6 is 0 Å². The van der Waals surface area contributed by atoms with E-state index in [9.17, 15) is 9.59 Å². The first-order chi connectivity index (χ1) is 16.5. The lowest BCUT2D eigenvalue weighted by Crippen LogP contribution is -2.40. The van der Waals surface area contributed by atoms with Crippen molar-refractivity contribution in [3.63, 3.8) is 0 Å². The Morgan fingerprint density at radius 3 is 2.71 bits per heavy atom. The maximum atomic E-state index is 12.8. The van der Waals surface area contributed by atoms with E-state index >= 15 is 0 Å². The van der Waals surface area contributed by atoms with Gasteiger partial charge in [-0.3, -0.25) is 9.59 Å². The molecule has 1 unspecified atom stereocenters. The molecule has 2 aromatic carbocycles. The molecule has 1 fully saturated rings. The van der Waals surface area contributed by atoms with Gasteiger partial charge in [0, 0.05) is 19.0 Å². The van der Waals surface area contributed by atoms with Crippen LogP contribution < -0.4 is 10.1 Å². The van der Waals surface area contributed by atoms with Crippen LogP contribution in [-0.4, -0.2) is 34.3 Å². The minimum Gasteiger partial charge on any atom is -0.484 e. The van der Waals surface area contributed by atoms with E-state index in [0.717, 1.165) is 30.4 Å². The highest BCUT2D eigenvalue weighted by molar-refractivity contribution is 5.92. The Morgan fingerprint density at radius 1 is 1.18 bits per heavy atom. The number of hydrogen-bond donors (Lipinski definition) is 1. The van der Waals surface area contributed by atoms with Crippen molar-refractivity contribution in [1.82, 2.24) is 15.2 Å². The van der Waals surface area contributed by atoms with Gasteiger partial charge in [0.25, 0.3) is 5.91 Å². The lowest BCUT2D eigenvalue weighted by molar-refractivity contribution is -0.132. The molecule has 7 heteroatoms.